The molecule has 0 aliphatic heterocycles. The largest absolute Gasteiger partial charge is 0.338 e. The molecule has 0 fully saturated rings. The Morgan fingerprint density at radius 1 is 1.62 bits per heavy atom. The van der Waals surface area contributed by atoms with Crippen LogP contribution in [0, 0.1) is 0 Å². The highest BCUT2D eigenvalue weighted by Gasteiger charge is 2.12. The lowest BCUT2D eigenvalue weighted by Gasteiger charge is -2.11. The van der Waals surface area contributed by atoms with Gasteiger partial charge in [0.25, 0.3) is 0 Å². The van der Waals surface area contributed by atoms with E-state index in [2.05, 4.69) is 4.98 Å². The second-order valence-electron chi connectivity index (χ2n) is 2.64. The Labute approximate surface area is 80.2 Å². The summed E-state index contributed by atoms with van der Waals surface area (Å²) >= 11 is 1.29. The molecular formula is C8H10N2O2S. The van der Waals surface area contributed by atoms with E-state index < -0.39 is 0 Å². The summed E-state index contributed by atoms with van der Waals surface area (Å²) in [7, 11) is 1.59. The maximum atomic E-state index is 11.4. The Hall–Kier alpha value is -1.23. The number of ketones is 1. The lowest BCUT2D eigenvalue weighted by atomic mass is 10.4. The van der Waals surface area contributed by atoms with Crippen molar-refractivity contribution in [3.8, 4) is 0 Å². The van der Waals surface area contributed by atoms with Gasteiger partial charge in [-0.25, -0.2) is 4.98 Å². The SMILES string of the molecule is CC(=O)N(C)CC(=O)c1nccs1. The van der Waals surface area contributed by atoms with E-state index in [1.165, 1.54) is 23.2 Å². The van der Waals surface area contributed by atoms with E-state index in [0.717, 1.165) is 0 Å². The van der Waals surface area contributed by atoms with Crippen molar-refractivity contribution in [1.82, 2.24) is 9.88 Å². The molecule has 0 saturated carbocycles. The summed E-state index contributed by atoms with van der Waals surface area (Å²) in [6.07, 6.45) is 1.58. The first-order chi connectivity index (χ1) is 6.11. The fourth-order valence-corrected chi connectivity index (χ4v) is 1.32. The molecule has 0 unspecified atom stereocenters. The Morgan fingerprint density at radius 2 is 2.31 bits per heavy atom. The third-order valence-electron chi connectivity index (χ3n) is 1.59. The molecular weight excluding hydrogens is 188 g/mol. The molecule has 0 spiro atoms. The van der Waals surface area contributed by atoms with E-state index in [4.69, 9.17) is 0 Å². The highest BCUT2D eigenvalue weighted by Crippen LogP contribution is 2.05. The first-order valence-electron chi connectivity index (χ1n) is 3.75. The van der Waals surface area contributed by atoms with Gasteiger partial charge in [-0.2, -0.15) is 0 Å². The van der Waals surface area contributed by atoms with Crippen molar-refractivity contribution in [3.05, 3.63) is 16.6 Å². The zero-order valence-corrected chi connectivity index (χ0v) is 8.30. The number of carbonyl (C=O) groups is 2. The van der Waals surface area contributed by atoms with Crippen molar-refractivity contribution in [2.45, 2.75) is 6.92 Å². The van der Waals surface area contributed by atoms with Crippen LogP contribution in [0.5, 0.6) is 0 Å². The van der Waals surface area contributed by atoms with Gasteiger partial charge < -0.3 is 4.90 Å². The zero-order valence-electron chi connectivity index (χ0n) is 7.48. The number of carbonyl (C=O) groups excluding carboxylic acids is 2. The molecule has 0 radical (unpaired) electrons. The third-order valence-corrected chi connectivity index (χ3v) is 2.40. The topological polar surface area (TPSA) is 50.3 Å². The number of rotatable bonds is 3. The van der Waals surface area contributed by atoms with Crippen molar-refractivity contribution in [1.29, 1.82) is 0 Å². The van der Waals surface area contributed by atoms with Crippen molar-refractivity contribution in [2.24, 2.45) is 0 Å². The molecule has 13 heavy (non-hydrogen) atoms. The van der Waals surface area contributed by atoms with Crippen molar-refractivity contribution >= 4 is 23.0 Å². The maximum absolute atomic E-state index is 11.4. The summed E-state index contributed by atoms with van der Waals surface area (Å²) in [5.41, 5.74) is 0. The molecule has 1 amide bonds. The van der Waals surface area contributed by atoms with Gasteiger partial charge in [-0.1, -0.05) is 0 Å². The molecule has 0 aliphatic rings. The van der Waals surface area contributed by atoms with Gasteiger partial charge in [-0.05, 0) is 0 Å². The summed E-state index contributed by atoms with van der Waals surface area (Å²) in [5.74, 6) is -0.238. The second kappa shape index (κ2) is 4.13. The van der Waals surface area contributed by atoms with Gasteiger partial charge in [0.15, 0.2) is 5.01 Å². The van der Waals surface area contributed by atoms with Crippen LogP contribution >= 0.6 is 11.3 Å². The maximum Gasteiger partial charge on any atom is 0.219 e. The van der Waals surface area contributed by atoms with Crippen LogP contribution in [0.15, 0.2) is 11.6 Å². The molecule has 0 saturated heterocycles. The molecule has 0 aromatic carbocycles. The third kappa shape index (κ3) is 2.62. The van der Waals surface area contributed by atoms with Crippen molar-refractivity contribution < 1.29 is 9.59 Å². The Morgan fingerprint density at radius 3 is 2.77 bits per heavy atom. The number of thiazole rings is 1. The minimum Gasteiger partial charge on any atom is -0.338 e. The minimum absolute atomic E-state index is 0.100. The monoisotopic (exact) mass is 198 g/mol. The van der Waals surface area contributed by atoms with E-state index in [0.29, 0.717) is 5.01 Å². The average Bonchev–Trinajstić information content (AvgIpc) is 2.55. The van der Waals surface area contributed by atoms with Crippen LogP contribution in [0.1, 0.15) is 16.7 Å². The molecule has 0 N–H and O–H groups in total. The zero-order chi connectivity index (χ0) is 9.84. The van der Waals surface area contributed by atoms with Gasteiger partial charge >= 0.3 is 0 Å². The van der Waals surface area contributed by atoms with E-state index in [1.54, 1.807) is 18.6 Å². The number of Topliss-reactive ketones (excluding diaryl/α,β-unsaturated/α-hetero) is 1. The molecule has 0 aliphatic carbocycles. The van der Waals surface area contributed by atoms with Gasteiger partial charge in [0.2, 0.25) is 11.7 Å². The number of aromatic nitrogens is 1. The predicted octanol–water partition coefficient (Wildman–Crippen LogP) is 0.804. The van der Waals surface area contributed by atoms with Crippen LogP contribution in [-0.4, -0.2) is 35.2 Å². The quantitative estimate of drug-likeness (QED) is 0.675. The van der Waals surface area contributed by atoms with Crippen LogP contribution in [0.4, 0.5) is 0 Å². The summed E-state index contributed by atoms with van der Waals surface area (Å²) < 4.78 is 0. The number of nitrogens with zero attached hydrogens (tertiary/aromatic N) is 2. The Kier molecular flexibility index (Phi) is 3.13. The molecule has 5 heteroatoms. The van der Waals surface area contributed by atoms with E-state index in [1.807, 2.05) is 0 Å². The first-order valence-corrected chi connectivity index (χ1v) is 4.63. The molecule has 1 aromatic heterocycles. The van der Waals surface area contributed by atoms with Gasteiger partial charge in [0, 0.05) is 25.5 Å². The Bertz CT molecular complexity index is 308. The smallest absolute Gasteiger partial charge is 0.219 e. The molecule has 1 aromatic rings. The summed E-state index contributed by atoms with van der Waals surface area (Å²) in [6, 6.07) is 0. The van der Waals surface area contributed by atoms with Crippen molar-refractivity contribution in [2.75, 3.05) is 13.6 Å². The van der Waals surface area contributed by atoms with Crippen LogP contribution in [0.25, 0.3) is 0 Å². The normalized spacial score (nSPS) is 9.69. The molecule has 1 rings (SSSR count). The first kappa shape index (κ1) is 9.85. The lowest BCUT2D eigenvalue weighted by Crippen LogP contribution is -2.29. The van der Waals surface area contributed by atoms with Gasteiger partial charge in [0.05, 0.1) is 6.54 Å². The van der Waals surface area contributed by atoms with Crippen LogP contribution in [-0.2, 0) is 4.79 Å². The molecule has 70 valence electrons. The van der Waals surface area contributed by atoms with E-state index >= 15 is 0 Å². The number of hydrogen-bond acceptors (Lipinski definition) is 4. The number of hydrogen-bond donors (Lipinski definition) is 0. The number of amides is 1. The summed E-state index contributed by atoms with van der Waals surface area (Å²) in [5, 5.41) is 2.19. The summed E-state index contributed by atoms with van der Waals surface area (Å²) in [4.78, 5) is 27.4. The second-order valence-corrected chi connectivity index (χ2v) is 3.53. The molecule has 1 heterocycles. The molecule has 0 atom stereocenters. The average molecular weight is 198 g/mol. The number of likely N-dealkylation sites (N-methyl/N-ethyl adjacent to an activating group) is 1. The van der Waals surface area contributed by atoms with Gasteiger partial charge in [-0.3, -0.25) is 9.59 Å². The van der Waals surface area contributed by atoms with E-state index in [9.17, 15) is 9.59 Å². The van der Waals surface area contributed by atoms with Gasteiger partial charge in [-0.15, -0.1) is 11.3 Å². The fraction of sp³-hybridized carbons (Fsp3) is 0.375. The minimum atomic E-state index is -0.120. The standard InChI is InChI=1S/C8H10N2O2S/c1-6(11)10(2)5-7(12)8-9-3-4-13-8/h3-4H,5H2,1-2H3. The van der Waals surface area contributed by atoms with Crippen LogP contribution in [0.2, 0.25) is 0 Å². The van der Waals surface area contributed by atoms with Gasteiger partial charge in [0.1, 0.15) is 0 Å². The van der Waals surface area contributed by atoms with Crippen LogP contribution < -0.4 is 0 Å². The van der Waals surface area contributed by atoms with Crippen LogP contribution in [0.3, 0.4) is 0 Å². The molecule has 4 nitrogen and oxygen atoms in total. The highest BCUT2D eigenvalue weighted by molar-refractivity contribution is 7.11. The summed E-state index contributed by atoms with van der Waals surface area (Å²) in [6.45, 7) is 1.53. The highest BCUT2D eigenvalue weighted by atomic mass is 32.1. The predicted molar refractivity (Wildman–Crippen MR) is 49.8 cm³/mol. The van der Waals surface area contributed by atoms with Crippen molar-refractivity contribution in [3.63, 3.8) is 0 Å². The molecule has 0 bridgehead atoms. The fourth-order valence-electron chi connectivity index (χ4n) is 0.756. The lowest BCUT2D eigenvalue weighted by molar-refractivity contribution is -0.127. The van der Waals surface area contributed by atoms with E-state index in [-0.39, 0.29) is 18.2 Å². The Balaban J connectivity index is 2.56.